The molecule has 2 fully saturated rings. The zero-order valence-corrected chi connectivity index (χ0v) is 11.4. The Kier molecular flexibility index (Phi) is 3.34. The lowest BCUT2D eigenvalue weighted by atomic mass is 9.89. The average molecular weight is 278 g/mol. The minimum absolute atomic E-state index is 0.330. The molecule has 0 unspecified atom stereocenters. The molecular formula is C15H16ClNO2. The number of rotatable bonds is 4. The van der Waals surface area contributed by atoms with Crippen LogP contribution in [0.5, 0.6) is 5.75 Å². The van der Waals surface area contributed by atoms with Gasteiger partial charge in [0.1, 0.15) is 5.75 Å². The van der Waals surface area contributed by atoms with Gasteiger partial charge in [-0.1, -0.05) is 30.5 Å². The highest BCUT2D eigenvalue weighted by molar-refractivity contribution is 6.32. The molecule has 2 saturated carbocycles. The van der Waals surface area contributed by atoms with Gasteiger partial charge >= 0.3 is 0 Å². The van der Waals surface area contributed by atoms with E-state index in [1.165, 1.54) is 0 Å². The maximum absolute atomic E-state index is 10.7. The Hall–Kier alpha value is -1.31. The van der Waals surface area contributed by atoms with Gasteiger partial charge in [0, 0.05) is 0 Å². The van der Waals surface area contributed by atoms with Gasteiger partial charge in [0.2, 0.25) is 6.08 Å². The Morgan fingerprint density at radius 3 is 2.63 bits per heavy atom. The van der Waals surface area contributed by atoms with E-state index in [0.29, 0.717) is 11.1 Å². The number of isocyanates is 1. The number of ether oxygens (including phenoxy) is 1. The molecule has 0 heterocycles. The predicted molar refractivity (Wildman–Crippen MR) is 73.4 cm³/mol. The van der Waals surface area contributed by atoms with Crippen molar-refractivity contribution in [2.24, 2.45) is 4.99 Å². The van der Waals surface area contributed by atoms with E-state index < -0.39 is 5.54 Å². The lowest BCUT2D eigenvalue weighted by molar-refractivity contribution is 0.303. The number of aliphatic imine (C=N–C) groups is 1. The number of nitrogens with zero attached hydrogens (tertiary/aromatic N) is 1. The maximum Gasteiger partial charge on any atom is 0.235 e. The van der Waals surface area contributed by atoms with E-state index in [0.717, 1.165) is 49.8 Å². The molecule has 100 valence electrons. The third-order valence-corrected chi connectivity index (χ3v) is 4.27. The molecule has 3 nitrogen and oxygen atoms in total. The molecule has 1 aromatic rings. The number of hydrogen-bond acceptors (Lipinski definition) is 3. The summed E-state index contributed by atoms with van der Waals surface area (Å²) in [4.78, 5) is 14.8. The first-order chi connectivity index (χ1) is 9.23. The molecule has 0 saturated heterocycles. The summed E-state index contributed by atoms with van der Waals surface area (Å²) in [5.74, 6) is 0.733. The quantitative estimate of drug-likeness (QED) is 0.617. The summed E-state index contributed by atoms with van der Waals surface area (Å²) in [6.45, 7) is 0. The van der Waals surface area contributed by atoms with Gasteiger partial charge in [-0.3, -0.25) is 0 Å². The normalized spacial score (nSPS) is 20.9. The van der Waals surface area contributed by atoms with E-state index in [9.17, 15) is 4.79 Å². The topological polar surface area (TPSA) is 38.7 Å². The van der Waals surface area contributed by atoms with Gasteiger partial charge in [0.15, 0.2) is 0 Å². The van der Waals surface area contributed by atoms with Crippen LogP contribution in [0.2, 0.25) is 5.02 Å². The SMILES string of the molecule is O=C=NC1(c2ccc(OC3CC3)c(Cl)c2)CCCC1. The van der Waals surface area contributed by atoms with Crippen molar-refractivity contribution in [1.29, 1.82) is 0 Å². The van der Waals surface area contributed by atoms with Gasteiger partial charge in [-0.05, 0) is 43.4 Å². The fraction of sp³-hybridized carbons (Fsp3) is 0.533. The molecule has 0 amide bonds. The van der Waals surface area contributed by atoms with Gasteiger partial charge in [0.05, 0.1) is 16.7 Å². The molecule has 0 radical (unpaired) electrons. The standard InChI is InChI=1S/C15H16ClNO2/c16-13-9-11(3-6-14(13)19-12-4-5-12)15(17-10-18)7-1-2-8-15/h3,6,9,12H,1-2,4-5,7-8H2. The van der Waals surface area contributed by atoms with Gasteiger partial charge in [-0.2, -0.15) is 4.99 Å². The molecule has 2 aliphatic rings. The van der Waals surface area contributed by atoms with Crippen LogP contribution in [-0.2, 0) is 10.3 Å². The first kappa shape index (κ1) is 12.7. The summed E-state index contributed by atoms with van der Waals surface area (Å²) in [6, 6.07) is 5.78. The van der Waals surface area contributed by atoms with Crippen LogP contribution in [0.1, 0.15) is 44.1 Å². The Balaban J connectivity index is 1.91. The molecule has 0 spiro atoms. The second-order valence-corrected chi connectivity index (χ2v) is 5.81. The molecule has 0 bridgehead atoms. The van der Waals surface area contributed by atoms with Crippen molar-refractivity contribution < 1.29 is 9.53 Å². The zero-order chi connectivity index (χ0) is 13.3. The van der Waals surface area contributed by atoms with Crippen molar-refractivity contribution in [1.82, 2.24) is 0 Å². The van der Waals surface area contributed by atoms with Crippen molar-refractivity contribution in [3.63, 3.8) is 0 Å². The molecule has 4 heteroatoms. The third-order valence-electron chi connectivity index (χ3n) is 3.98. The second-order valence-electron chi connectivity index (χ2n) is 5.40. The Morgan fingerprint density at radius 1 is 1.32 bits per heavy atom. The molecule has 0 aromatic heterocycles. The summed E-state index contributed by atoms with van der Waals surface area (Å²) >= 11 is 6.28. The van der Waals surface area contributed by atoms with E-state index in [-0.39, 0.29) is 0 Å². The van der Waals surface area contributed by atoms with Crippen LogP contribution in [0.3, 0.4) is 0 Å². The number of hydrogen-bond donors (Lipinski definition) is 0. The lowest BCUT2D eigenvalue weighted by Gasteiger charge is -2.23. The van der Waals surface area contributed by atoms with Gasteiger partial charge in [0.25, 0.3) is 0 Å². The monoisotopic (exact) mass is 277 g/mol. The number of benzene rings is 1. The summed E-state index contributed by atoms with van der Waals surface area (Å²) in [6.07, 6.45) is 8.23. The van der Waals surface area contributed by atoms with Crippen LogP contribution in [-0.4, -0.2) is 12.2 Å². The van der Waals surface area contributed by atoms with Gasteiger partial charge < -0.3 is 4.74 Å². The van der Waals surface area contributed by atoms with Crippen LogP contribution < -0.4 is 4.74 Å². The summed E-state index contributed by atoms with van der Waals surface area (Å²) in [7, 11) is 0. The zero-order valence-electron chi connectivity index (χ0n) is 10.7. The number of halogens is 1. The lowest BCUT2D eigenvalue weighted by Crippen LogP contribution is -2.18. The van der Waals surface area contributed by atoms with Gasteiger partial charge in [-0.15, -0.1) is 0 Å². The molecule has 0 aliphatic heterocycles. The highest BCUT2D eigenvalue weighted by Gasteiger charge is 2.36. The maximum atomic E-state index is 10.7. The van der Waals surface area contributed by atoms with Crippen LogP contribution in [0.25, 0.3) is 0 Å². The van der Waals surface area contributed by atoms with E-state index in [4.69, 9.17) is 16.3 Å². The highest BCUT2D eigenvalue weighted by Crippen LogP contribution is 2.44. The molecule has 0 N–H and O–H groups in total. The molecule has 3 rings (SSSR count). The first-order valence-electron chi connectivity index (χ1n) is 6.79. The van der Waals surface area contributed by atoms with Gasteiger partial charge in [-0.25, -0.2) is 4.79 Å². The summed E-state index contributed by atoms with van der Waals surface area (Å²) < 4.78 is 5.73. The third kappa shape index (κ3) is 2.54. The van der Waals surface area contributed by atoms with Crippen molar-refractivity contribution in [3.8, 4) is 5.75 Å². The first-order valence-corrected chi connectivity index (χ1v) is 7.17. The average Bonchev–Trinajstić information content (AvgIpc) is 3.09. The summed E-state index contributed by atoms with van der Waals surface area (Å²) in [5, 5.41) is 0.608. The smallest absolute Gasteiger partial charge is 0.235 e. The molecule has 2 aliphatic carbocycles. The van der Waals surface area contributed by atoms with E-state index in [2.05, 4.69) is 4.99 Å². The van der Waals surface area contributed by atoms with Crippen molar-refractivity contribution in [2.75, 3.05) is 0 Å². The Labute approximate surface area is 117 Å². The molecule has 1 aromatic carbocycles. The van der Waals surface area contributed by atoms with Crippen LogP contribution in [0.4, 0.5) is 0 Å². The van der Waals surface area contributed by atoms with Crippen LogP contribution in [0, 0.1) is 0 Å². The fourth-order valence-electron chi connectivity index (χ4n) is 2.76. The van der Waals surface area contributed by atoms with Crippen molar-refractivity contribution in [3.05, 3.63) is 28.8 Å². The Morgan fingerprint density at radius 2 is 2.05 bits per heavy atom. The minimum Gasteiger partial charge on any atom is -0.489 e. The van der Waals surface area contributed by atoms with E-state index >= 15 is 0 Å². The van der Waals surface area contributed by atoms with Crippen molar-refractivity contribution in [2.45, 2.75) is 50.2 Å². The largest absolute Gasteiger partial charge is 0.489 e. The Bertz CT molecular complexity index is 527. The van der Waals surface area contributed by atoms with Crippen LogP contribution >= 0.6 is 11.6 Å². The molecule has 0 atom stereocenters. The minimum atomic E-state index is -0.413. The van der Waals surface area contributed by atoms with E-state index in [1.54, 1.807) is 6.08 Å². The molecule has 19 heavy (non-hydrogen) atoms. The van der Waals surface area contributed by atoms with Crippen molar-refractivity contribution >= 4 is 17.7 Å². The fourth-order valence-corrected chi connectivity index (χ4v) is 2.99. The molecular weight excluding hydrogens is 262 g/mol. The second kappa shape index (κ2) is 4.99. The predicted octanol–water partition coefficient (Wildman–Crippen LogP) is 3.99. The highest BCUT2D eigenvalue weighted by atomic mass is 35.5. The van der Waals surface area contributed by atoms with Crippen LogP contribution in [0.15, 0.2) is 23.2 Å². The van der Waals surface area contributed by atoms with E-state index in [1.807, 2.05) is 18.2 Å². The number of carbonyl (C=O) groups excluding carboxylic acids is 1. The summed E-state index contributed by atoms with van der Waals surface area (Å²) in [5.41, 5.74) is 0.588.